The van der Waals surface area contributed by atoms with Crippen molar-refractivity contribution in [3.8, 4) is 0 Å². The predicted octanol–water partition coefficient (Wildman–Crippen LogP) is 0.809. The van der Waals surface area contributed by atoms with Gasteiger partial charge in [-0.15, -0.1) is 0 Å². The van der Waals surface area contributed by atoms with E-state index in [1.165, 1.54) is 16.6 Å². The Morgan fingerprint density at radius 2 is 2.04 bits per heavy atom. The molecule has 1 aromatic rings. The number of carbonyl (C=O) groups is 1. The molecule has 1 aliphatic heterocycles. The maximum Gasteiger partial charge on any atom is 0.270 e. The zero-order valence-electron chi connectivity index (χ0n) is 14.4. The van der Waals surface area contributed by atoms with Gasteiger partial charge in [0.05, 0.1) is 0 Å². The van der Waals surface area contributed by atoms with Crippen LogP contribution >= 0.6 is 11.8 Å². The van der Waals surface area contributed by atoms with Crippen LogP contribution in [0.4, 0.5) is 0 Å². The highest BCUT2D eigenvalue weighted by molar-refractivity contribution is 7.99. The molecular formula is C15H26N4O3S2. The van der Waals surface area contributed by atoms with Crippen molar-refractivity contribution in [2.75, 3.05) is 44.7 Å². The fraction of sp³-hybridized carbons (Fsp3) is 0.667. The molecule has 0 saturated carbocycles. The van der Waals surface area contributed by atoms with Gasteiger partial charge in [0.2, 0.25) is 10.0 Å². The molecule has 0 aliphatic carbocycles. The minimum Gasteiger partial charge on any atom is -0.356 e. The van der Waals surface area contributed by atoms with Crippen LogP contribution in [0.3, 0.4) is 0 Å². The van der Waals surface area contributed by atoms with Gasteiger partial charge >= 0.3 is 0 Å². The molecule has 1 aromatic heterocycles. The number of aromatic nitrogens is 1. The van der Waals surface area contributed by atoms with Gasteiger partial charge in [-0.05, 0) is 18.0 Å². The summed E-state index contributed by atoms with van der Waals surface area (Å²) in [4.78, 5) is 17.0. The van der Waals surface area contributed by atoms with Crippen molar-refractivity contribution in [3.05, 3.63) is 18.0 Å². The van der Waals surface area contributed by atoms with Crippen LogP contribution in [0.5, 0.6) is 0 Å². The number of rotatable bonds is 6. The van der Waals surface area contributed by atoms with Gasteiger partial charge in [-0.3, -0.25) is 4.79 Å². The number of aromatic amines is 1. The molecular weight excluding hydrogens is 348 g/mol. The number of amides is 1. The second kappa shape index (κ2) is 7.47. The number of hydrogen-bond donors (Lipinski definition) is 2. The quantitative estimate of drug-likeness (QED) is 0.768. The van der Waals surface area contributed by atoms with E-state index >= 15 is 0 Å². The summed E-state index contributed by atoms with van der Waals surface area (Å²) >= 11 is 1.75. The fourth-order valence-corrected chi connectivity index (χ4v) is 5.14. The highest BCUT2D eigenvalue weighted by atomic mass is 32.2. The lowest BCUT2D eigenvalue weighted by atomic mass is 9.93. The third kappa shape index (κ3) is 4.33. The van der Waals surface area contributed by atoms with Gasteiger partial charge in [-0.2, -0.15) is 16.1 Å². The van der Waals surface area contributed by atoms with Crippen LogP contribution in [-0.4, -0.2) is 73.2 Å². The van der Waals surface area contributed by atoms with E-state index in [1.54, 1.807) is 23.7 Å². The summed E-state index contributed by atoms with van der Waals surface area (Å²) < 4.78 is 26.7. The highest BCUT2D eigenvalue weighted by Gasteiger charge is 2.29. The average Bonchev–Trinajstić information content (AvgIpc) is 3.05. The van der Waals surface area contributed by atoms with E-state index < -0.39 is 10.0 Å². The summed E-state index contributed by atoms with van der Waals surface area (Å²) in [7, 11) is -1.85. The normalized spacial score (nSPS) is 17.0. The van der Waals surface area contributed by atoms with E-state index in [2.05, 4.69) is 4.98 Å². The molecule has 1 aliphatic rings. The van der Waals surface area contributed by atoms with Crippen LogP contribution in [0.1, 0.15) is 24.3 Å². The topological polar surface area (TPSA) is 99.5 Å². The van der Waals surface area contributed by atoms with E-state index in [1.807, 2.05) is 13.8 Å². The molecule has 2 heterocycles. The number of hydrogen-bond acceptors (Lipinski definition) is 5. The summed E-state index contributed by atoms with van der Waals surface area (Å²) in [5, 5.41) is 0. The van der Waals surface area contributed by atoms with Gasteiger partial charge < -0.3 is 15.6 Å². The Labute approximate surface area is 148 Å². The minimum atomic E-state index is -3.54. The average molecular weight is 375 g/mol. The van der Waals surface area contributed by atoms with Gasteiger partial charge in [0.1, 0.15) is 10.6 Å². The van der Waals surface area contributed by atoms with E-state index in [-0.39, 0.29) is 21.9 Å². The number of nitrogens with one attached hydrogen (secondary N) is 1. The summed E-state index contributed by atoms with van der Waals surface area (Å²) in [5.74, 6) is 1.35. The number of thioether (sulfide) groups is 1. The molecule has 1 amide bonds. The van der Waals surface area contributed by atoms with Gasteiger partial charge in [0.25, 0.3) is 5.91 Å². The highest BCUT2D eigenvalue weighted by Crippen LogP contribution is 2.22. The molecule has 2 rings (SSSR count). The molecule has 1 fully saturated rings. The molecule has 136 valence electrons. The first kappa shape index (κ1) is 19.3. The molecule has 0 aromatic carbocycles. The first-order valence-corrected chi connectivity index (χ1v) is 10.5. The fourth-order valence-electron chi connectivity index (χ4n) is 2.57. The van der Waals surface area contributed by atoms with Crippen LogP contribution in [0, 0.1) is 5.41 Å². The van der Waals surface area contributed by atoms with E-state index in [0.717, 1.165) is 11.5 Å². The summed E-state index contributed by atoms with van der Waals surface area (Å²) in [6.07, 6.45) is 1.40. The maximum absolute atomic E-state index is 12.6. The summed E-state index contributed by atoms with van der Waals surface area (Å²) in [6.45, 7) is 5.93. The zero-order chi connectivity index (χ0) is 18.0. The standard InChI is InChI=1S/C15H26N4O3S2/c1-15(2,10-16)11-18(3)14(20)13-8-12(9-17-13)24(21,22)19-4-6-23-7-5-19/h8-9,17H,4-7,10-11,16H2,1-3H3. The SMILES string of the molecule is CN(CC(C)(C)CN)C(=O)c1cc(S(=O)(=O)N2CCSCC2)c[nH]1. The third-order valence-electron chi connectivity index (χ3n) is 4.06. The maximum atomic E-state index is 12.6. The van der Waals surface area contributed by atoms with E-state index in [0.29, 0.717) is 26.2 Å². The first-order chi connectivity index (χ1) is 11.2. The Kier molecular flexibility index (Phi) is 6.00. The molecule has 0 unspecified atom stereocenters. The molecule has 9 heteroatoms. The molecule has 3 N–H and O–H groups in total. The van der Waals surface area contributed by atoms with Crippen LogP contribution in [0.15, 0.2) is 17.2 Å². The number of carbonyl (C=O) groups excluding carboxylic acids is 1. The molecule has 0 radical (unpaired) electrons. The number of H-pyrrole nitrogens is 1. The van der Waals surface area contributed by atoms with Gasteiger partial charge in [0.15, 0.2) is 0 Å². The monoisotopic (exact) mass is 374 g/mol. The minimum absolute atomic E-state index is 0.143. The van der Waals surface area contributed by atoms with Crippen molar-refractivity contribution >= 4 is 27.7 Å². The Hall–Kier alpha value is -1.03. The number of nitrogens with two attached hydrogens (primary N) is 1. The van der Waals surface area contributed by atoms with Gasteiger partial charge in [-0.1, -0.05) is 13.8 Å². The van der Waals surface area contributed by atoms with Crippen molar-refractivity contribution in [3.63, 3.8) is 0 Å². The lowest BCUT2D eigenvalue weighted by Gasteiger charge is -2.28. The summed E-state index contributed by atoms with van der Waals surface area (Å²) in [5.41, 5.74) is 5.78. The Morgan fingerprint density at radius 1 is 1.42 bits per heavy atom. The number of nitrogens with zero attached hydrogens (tertiary/aromatic N) is 2. The molecule has 24 heavy (non-hydrogen) atoms. The molecule has 0 bridgehead atoms. The molecule has 7 nitrogen and oxygen atoms in total. The van der Waals surface area contributed by atoms with Crippen molar-refractivity contribution in [1.29, 1.82) is 0 Å². The second-order valence-electron chi connectivity index (χ2n) is 6.80. The van der Waals surface area contributed by atoms with Crippen molar-refractivity contribution in [2.45, 2.75) is 18.7 Å². The van der Waals surface area contributed by atoms with Crippen LogP contribution in [0.2, 0.25) is 0 Å². The number of sulfonamides is 1. The van der Waals surface area contributed by atoms with Gasteiger partial charge in [0, 0.05) is 44.4 Å². The Bertz CT molecular complexity index is 679. The second-order valence-corrected chi connectivity index (χ2v) is 9.96. The van der Waals surface area contributed by atoms with Gasteiger partial charge in [-0.25, -0.2) is 8.42 Å². The molecule has 1 saturated heterocycles. The van der Waals surface area contributed by atoms with Crippen LogP contribution in [0.25, 0.3) is 0 Å². The zero-order valence-corrected chi connectivity index (χ0v) is 16.0. The van der Waals surface area contributed by atoms with E-state index in [9.17, 15) is 13.2 Å². The largest absolute Gasteiger partial charge is 0.356 e. The molecule has 0 atom stereocenters. The first-order valence-electron chi connectivity index (χ1n) is 7.89. The van der Waals surface area contributed by atoms with E-state index in [4.69, 9.17) is 5.73 Å². The van der Waals surface area contributed by atoms with Crippen LogP contribution in [-0.2, 0) is 10.0 Å². The predicted molar refractivity (Wildman–Crippen MR) is 96.7 cm³/mol. The van der Waals surface area contributed by atoms with Crippen molar-refractivity contribution in [1.82, 2.24) is 14.2 Å². The molecule has 0 spiro atoms. The lowest BCUT2D eigenvalue weighted by Crippen LogP contribution is -2.40. The third-order valence-corrected chi connectivity index (χ3v) is 6.88. The van der Waals surface area contributed by atoms with Crippen molar-refractivity contribution < 1.29 is 13.2 Å². The van der Waals surface area contributed by atoms with Crippen molar-refractivity contribution in [2.24, 2.45) is 11.1 Å². The Morgan fingerprint density at radius 3 is 2.62 bits per heavy atom. The Balaban J connectivity index is 2.13. The summed E-state index contributed by atoms with van der Waals surface area (Å²) in [6, 6.07) is 1.42. The lowest BCUT2D eigenvalue weighted by molar-refractivity contribution is 0.0735. The smallest absolute Gasteiger partial charge is 0.270 e. The van der Waals surface area contributed by atoms with Crippen LogP contribution < -0.4 is 5.73 Å².